The number of anilines is 2. The lowest BCUT2D eigenvalue weighted by atomic mass is 9.97. The summed E-state index contributed by atoms with van der Waals surface area (Å²) in [6, 6.07) is 3.95. The Bertz CT molecular complexity index is 700. The van der Waals surface area contributed by atoms with E-state index in [4.69, 9.17) is 5.73 Å². The number of hydrogen-bond donors (Lipinski definition) is 1. The van der Waals surface area contributed by atoms with Crippen LogP contribution in [0.4, 0.5) is 24.8 Å². The molecule has 0 atom stereocenters. The fraction of sp³-hybridized carbons (Fsp3) is 0.471. The van der Waals surface area contributed by atoms with Gasteiger partial charge in [-0.3, -0.25) is 0 Å². The van der Waals surface area contributed by atoms with Gasteiger partial charge in [-0.25, -0.2) is 4.98 Å². The molecule has 0 bridgehead atoms. The van der Waals surface area contributed by atoms with Crippen molar-refractivity contribution in [3.8, 4) is 0 Å². The van der Waals surface area contributed by atoms with E-state index in [1.165, 1.54) is 6.07 Å². The van der Waals surface area contributed by atoms with Crippen molar-refractivity contribution < 1.29 is 13.2 Å². The van der Waals surface area contributed by atoms with Crippen molar-refractivity contribution in [3.05, 3.63) is 41.7 Å². The molecule has 7 heteroatoms. The first-order chi connectivity index (χ1) is 11.3. The molecule has 24 heavy (non-hydrogen) atoms. The van der Waals surface area contributed by atoms with Crippen LogP contribution in [-0.4, -0.2) is 22.6 Å². The van der Waals surface area contributed by atoms with Crippen molar-refractivity contribution in [2.24, 2.45) is 5.92 Å². The number of aromatic nitrogens is 2. The molecule has 3 rings (SSSR count). The predicted molar refractivity (Wildman–Crippen MR) is 87.8 cm³/mol. The zero-order chi connectivity index (χ0) is 17.3. The molecule has 1 aliphatic rings. The molecule has 0 saturated carbocycles. The maximum Gasteiger partial charge on any atom is 0.416 e. The highest BCUT2D eigenvalue weighted by molar-refractivity contribution is 5.57. The Morgan fingerprint density at radius 1 is 1.25 bits per heavy atom. The molecule has 130 valence electrons. The van der Waals surface area contributed by atoms with Gasteiger partial charge >= 0.3 is 6.18 Å². The monoisotopic (exact) mass is 338 g/mol. The summed E-state index contributed by atoms with van der Waals surface area (Å²) in [5, 5.41) is 0. The molecule has 1 saturated heterocycles. The van der Waals surface area contributed by atoms with Gasteiger partial charge < -0.3 is 15.2 Å². The molecule has 1 aliphatic heterocycles. The summed E-state index contributed by atoms with van der Waals surface area (Å²) in [7, 11) is 0. The van der Waals surface area contributed by atoms with Crippen molar-refractivity contribution in [1.82, 2.24) is 9.55 Å². The number of rotatable bonds is 3. The van der Waals surface area contributed by atoms with Gasteiger partial charge in [0, 0.05) is 31.2 Å². The topological polar surface area (TPSA) is 47.1 Å². The van der Waals surface area contributed by atoms with E-state index in [1.54, 1.807) is 23.0 Å². The second kappa shape index (κ2) is 6.37. The number of imidazole rings is 1. The van der Waals surface area contributed by atoms with Crippen LogP contribution < -0.4 is 10.6 Å². The fourth-order valence-corrected chi connectivity index (χ4v) is 3.08. The van der Waals surface area contributed by atoms with Crippen LogP contribution in [0.25, 0.3) is 0 Å². The van der Waals surface area contributed by atoms with Gasteiger partial charge in [0.05, 0.1) is 12.1 Å². The summed E-state index contributed by atoms with van der Waals surface area (Å²) in [4.78, 5) is 6.02. The van der Waals surface area contributed by atoms with Crippen molar-refractivity contribution >= 4 is 11.6 Å². The molecule has 4 nitrogen and oxygen atoms in total. The standard InChI is InChI=1S/C17H21F3N4/c1-12-4-7-23(8-5-12)15-10-14(17(18,19)20)3-2-13(15)11-24-9-6-22-16(24)21/h2-3,6,9-10,12H,4-5,7-8,11H2,1H3,(H2,21,22). The molecular formula is C17H21F3N4. The number of hydrogen-bond acceptors (Lipinski definition) is 3. The third-order valence-electron chi connectivity index (χ3n) is 4.63. The van der Waals surface area contributed by atoms with Gasteiger partial charge in [-0.2, -0.15) is 13.2 Å². The number of halogens is 3. The minimum atomic E-state index is -4.34. The lowest BCUT2D eigenvalue weighted by Gasteiger charge is -2.34. The van der Waals surface area contributed by atoms with E-state index in [-0.39, 0.29) is 0 Å². The molecule has 0 spiro atoms. The molecule has 2 heterocycles. The molecule has 1 aromatic carbocycles. The van der Waals surface area contributed by atoms with E-state index >= 15 is 0 Å². The molecular weight excluding hydrogens is 317 g/mol. The fourth-order valence-electron chi connectivity index (χ4n) is 3.08. The quantitative estimate of drug-likeness (QED) is 0.927. The smallest absolute Gasteiger partial charge is 0.371 e. The van der Waals surface area contributed by atoms with Crippen LogP contribution in [0.1, 0.15) is 30.9 Å². The number of alkyl halides is 3. The van der Waals surface area contributed by atoms with Crippen molar-refractivity contribution in [3.63, 3.8) is 0 Å². The Morgan fingerprint density at radius 3 is 2.54 bits per heavy atom. The molecule has 0 radical (unpaired) electrons. The van der Waals surface area contributed by atoms with E-state index in [1.807, 2.05) is 0 Å². The van der Waals surface area contributed by atoms with Crippen LogP contribution in [0, 0.1) is 5.92 Å². The summed E-state index contributed by atoms with van der Waals surface area (Å²) in [5.74, 6) is 0.966. The zero-order valence-electron chi connectivity index (χ0n) is 13.6. The third kappa shape index (κ3) is 3.49. The Balaban J connectivity index is 1.96. The molecule has 2 aromatic rings. The van der Waals surface area contributed by atoms with Gasteiger partial charge in [0.2, 0.25) is 0 Å². The van der Waals surface area contributed by atoms with Crippen LogP contribution in [0.5, 0.6) is 0 Å². The van der Waals surface area contributed by atoms with Gasteiger partial charge in [-0.1, -0.05) is 13.0 Å². The van der Waals surface area contributed by atoms with Gasteiger partial charge in [0.25, 0.3) is 0 Å². The second-order valence-electron chi connectivity index (χ2n) is 6.42. The highest BCUT2D eigenvalue weighted by Gasteiger charge is 2.32. The molecule has 0 unspecified atom stereocenters. The summed E-state index contributed by atoms with van der Waals surface area (Å²) in [5.41, 5.74) is 6.64. The van der Waals surface area contributed by atoms with Gasteiger partial charge in [0.1, 0.15) is 0 Å². The predicted octanol–water partition coefficient (Wildman–Crippen LogP) is 3.77. The van der Waals surface area contributed by atoms with Crippen molar-refractivity contribution in [2.45, 2.75) is 32.5 Å². The lowest BCUT2D eigenvalue weighted by Crippen LogP contribution is -2.33. The lowest BCUT2D eigenvalue weighted by molar-refractivity contribution is -0.137. The molecule has 2 N–H and O–H groups in total. The first kappa shape index (κ1) is 16.7. The molecule has 1 fully saturated rings. The van der Waals surface area contributed by atoms with E-state index in [0.29, 0.717) is 24.1 Å². The Kier molecular flexibility index (Phi) is 4.43. The van der Waals surface area contributed by atoms with Crippen LogP contribution in [0.2, 0.25) is 0 Å². The normalized spacial score (nSPS) is 16.6. The average molecular weight is 338 g/mol. The largest absolute Gasteiger partial charge is 0.416 e. The number of nitrogens with zero attached hydrogens (tertiary/aromatic N) is 3. The summed E-state index contributed by atoms with van der Waals surface area (Å²) < 4.78 is 41.1. The maximum atomic E-state index is 13.1. The first-order valence-electron chi connectivity index (χ1n) is 8.06. The van der Waals surface area contributed by atoms with E-state index in [2.05, 4.69) is 16.8 Å². The first-order valence-corrected chi connectivity index (χ1v) is 8.06. The minimum Gasteiger partial charge on any atom is -0.371 e. The zero-order valence-corrected chi connectivity index (χ0v) is 13.6. The Hall–Kier alpha value is -2.18. The summed E-state index contributed by atoms with van der Waals surface area (Å²) in [6.45, 7) is 4.13. The number of piperidine rings is 1. The number of nitrogens with two attached hydrogens (primary N) is 1. The van der Waals surface area contributed by atoms with Gasteiger partial charge in [-0.15, -0.1) is 0 Å². The number of benzene rings is 1. The highest BCUT2D eigenvalue weighted by Crippen LogP contribution is 2.35. The third-order valence-corrected chi connectivity index (χ3v) is 4.63. The number of nitrogen functional groups attached to an aromatic ring is 1. The van der Waals surface area contributed by atoms with Crippen LogP contribution in [0.15, 0.2) is 30.6 Å². The van der Waals surface area contributed by atoms with E-state index < -0.39 is 11.7 Å². The molecule has 0 aliphatic carbocycles. The van der Waals surface area contributed by atoms with Crippen molar-refractivity contribution in [2.75, 3.05) is 23.7 Å². The van der Waals surface area contributed by atoms with Crippen LogP contribution >= 0.6 is 0 Å². The van der Waals surface area contributed by atoms with E-state index in [9.17, 15) is 13.2 Å². The van der Waals surface area contributed by atoms with Crippen LogP contribution in [-0.2, 0) is 12.7 Å². The Labute approximate surface area is 139 Å². The second-order valence-corrected chi connectivity index (χ2v) is 6.42. The summed E-state index contributed by atoms with van der Waals surface area (Å²) in [6.07, 6.45) is 0.951. The van der Waals surface area contributed by atoms with E-state index in [0.717, 1.165) is 37.6 Å². The Morgan fingerprint density at radius 2 is 1.96 bits per heavy atom. The van der Waals surface area contributed by atoms with Gasteiger partial charge in [-0.05, 0) is 36.5 Å². The van der Waals surface area contributed by atoms with Crippen molar-refractivity contribution in [1.29, 1.82) is 0 Å². The molecule has 0 amide bonds. The summed E-state index contributed by atoms with van der Waals surface area (Å²) >= 11 is 0. The SMILES string of the molecule is CC1CCN(c2cc(C(F)(F)F)ccc2Cn2ccnc2N)CC1. The van der Waals surface area contributed by atoms with Crippen LogP contribution in [0.3, 0.4) is 0 Å². The average Bonchev–Trinajstić information content (AvgIpc) is 2.93. The maximum absolute atomic E-state index is 13.1. The minimum absolute atomic E-state index is 0.355. The van der Waals surface area contributed by atoms with Gasteiger partial charge in [0.15, 0.2) is 5.95 Å². The molecule has 1 aromatic heterocycles. The highest BCUT2D eigenvalue weighted by atomic mass is 19.4.